The van der Waals surface area contributed by atoms with Crippen molar-refractivity contribution < 1.29 is 14.2 Å². The van der Waals surface area contributed by atoms with Crippen LogP contribution in [0.1, 0.15) is 64.0 Å². The second-order valence-electron chi connectivity index (χ2n) is 8.33. The van der Waals surface area contributed by atoms with E-state index in [2.05, 4.69) is 31.8 Å². The number of hydrogen-bond acceptors (Lipinski definition) is 4. The highest BCUT2D eigenvalue weighted by atomic mass is 16.6. The molecule has 1 saturated carbocycles. The molecule has 1 aliphatic heterocycles. The third-order valence-corrected chi connectivity index (χ3v) is 5.88. The van der Waals surface area contributed by atoms with Gasteiger partial charge in [-0.05, 0) is 44.4 Å². The van der Waals surface area contributed by atoms with Crippen molar-refractivity contribution in [3.63, 3.8) is 0 Å². The van der Waals surface area contributed by atoms with Gasteiger partial charge in [-0.1, -0.05) is 38.2 Å². The standard InChI is InChI=1S/C23H35NO3/c1-5-14-26-22-21(25-15-13-17-9-7-6-8-10-17)19-16-18(24-4)11-12-20(19)27-23(22,2)3/h5,11-12,16-17,21-22,24H,1,6-10,13-15H2,2-4H3. The highest BCUT2D eigenvalue weighted by molar-refractivity contribution is 5.53. The summed E-state index contributed by atoms with van der Waals surface area (Å²) in [5.41, 5.74) is 1.66. The van der Waals surface area contributed by atoms with E-state index in [-0.39, 0.29) is 12.2 Å². The van der Waals surface area contributed by atoms with E-state index in [4.69, 9.17) is 14.2 Å². The first-order valence-corrected chi connectivity index (χ1v) is 10.4. The predicted octanol–water partition coefficient (Wildman–Crippen LogP) is 5.50. The molecule has 27 heavy (non-hydrogen) atoms. The summed E-state index contributed by atoms with van der Waals surface area (Å²) in [5, 5.41) is 3.22. The molecule has 2 aliphatic rings. The first-order chi connectivity index (χ1) is 13.0. The molecule has 0 saturated heterocycles. The van der Waals surface area contributed by atoms with Gasteiger partial charge in [-0.15, -0.1) is 6.58 Å². The molecule has 150 valence electrons. The lowest BCUT2D eigenvalue weighted by atomic mass is 9.86. The minimum atomic E-state index is -0.466. The van der Waals surface area contributed by atoms with Crippen LogP contribution in [-0.2, 0) is 9.47 Å². The van der Waals surface area contributed by atoms with Gasteiger partial charge in [-0.2, -0.15) is 0 Å². The Morgan fingerprint density at radius 2 is 2.00 bits per heavy atom. The Bertz CT molecular complexity index is 622. The summed E-state index contributed by atoms with van der Waals surface area (Å²) in [7, 11) is 1.93. The van der Waals surface area contributed by atoms with Crippen LogP contribution < -0.4 is 10.1 Å². The number of benzene rings is 1. The van der Waals surface area contributed by atoms with Crippen LogP contribution in [0.3, 0.4) is 0 Å². The fourth-order valence-electron chi connectivity index (χ4n) is 4.36. The van der Waals surface area contributed by atoms with Gasteiger partial charge in [0.1, 0.15) is 23.6 Å². The van der Waals surface area contributed by atoms with Gasteiger partial charge in [0.25, 0.3) is 0 Å². The first-order valence-electron chi connectivity index (χ1n) is 10.4. The normalized spacial score (nSPS) is 24.7. The van der Waals surface area contributed by atoms with Crippen LogP contribution in [0.25, 0.3) is 0 Å². The van der Waals surface area contributed by atoms with Crippen molar-refractivity contribution in [2.45, 2.75) is 70.2 Å². The van der Waals surface area contributed by atoms with Gasteiger partial charge in [-0.3, -0.25) is 0 Å². The zero-order valence-electron chi connectivity index (χ0n) is 17.1. The van der Waals surface area contributed by atoms with E-state index in [9.17, 15) is 0 Å². The van der Waals surface area contributed by atoms with Crippen LogP contribution in [-0.4, -0.2) is 32.0 Å². The molecule has 0 aromatic heterocycles. The summed E-state index contributed by atoms with van der Waals surface area (Å²) >= 11 is 0. The topological polar surface area (TPSA) is 39.7 Å². The third kappa shape index (κ3) is 4.85. The number of anilines is 1. The molecule has 2 unspecified atom stereocenters. The quantitative estimate of drug-likeness (QED) is 0.611. The average molecular weight is 374 g/mol. The summed E-state index contributed by atoms with van der Waals surface area (Å²) in [4.78, 5) is 0. The molecule has 1 aromatic rings. The maximum Gasteiger partial charge on any atom is 0.132 e. The Balaban J connectivity index is 1.79. The zero-order valence-corrected chi connectivity index (χ0v) is 17.1. The van der Waals surface area contributed by atoms with E-state index in [0.29, 0.717) is 6.61 Å². The monoisotopic (exact) mass is 373 g/mol. The molecule has 0 spiro atoms. The SMILES string of the molecule is C=CCOC1C(OCCC2CCCCC2)c2cc(NC)ccc2OC1(C)C. The van der Waals surface area contributed by atoms with E-state index in [1.165, 1.54) is 32.1 Å². The Hall–Kier alpha value is -1.52. The van der Waals surface area contributed by atoms with E-state index in [0.717, 1.165) is 35.9 Å². The molecule has 1 fully saturated rings. The largest absolute Gasteiger partial charge is 0.485 e. The van der Waals surface area contributed by atoms with Crippen molar-refractivity contribution in [1.29, 1.82) is 0 Å². The molecule has 0 amide bonds. The van der Waals surface area contributed by atoms with E-state index < -0.39 is 5.60 Å². The summed E-state index contributed by atoms with van der Waals surface area (Å²) in [5.74, 6) is 1.70. The van der Waals surface area contributed by atoms with Crippen molar-refractivity contribution >= 4 is 5.69 Å². The Morgan fingerprint density at radius 3 is 2.70 bits per heavy atom. The molecule has 2 atom stereocenters. The lowest BCUT2D eigenvalue weighted by Gasteiger charge is -2.44. The Kier molecular flexibility index (Phi) is 6.83. The molecular weight excluding hydrogens is 338 g/mol. The highest BCUT2D eigenvalue weighted by Crippen LogP contribution is 2.44. The van der Waals surface area contributed by atoms with Crippen LogP contribution in [0, 0.1) is 5.92 Å². The van der Waals surface area contributed by atoms with Crippen LogP contribution >= 0.6 is 0 Å². The lowest BCUT2D eigenvalue weighted by Crippen LogP contribution is -2.51. The average Bonchev–Trinajstić information content (AvgIpc) is 2.67. The zero-order chi connectivity index (χ0) is 19.3. The van der Waals surface area contributed by atoms with Gasteiger partial charge in [0.15, 0.2) is 0 Å². The van der Waals surface area contributed by atoms with Crippen molar-refractivity contribution in [2.24, 2.45) is 5.92 Å². The molecule has 1 N–H and O–H groups in total. The molecule has 1 aromatic carbocycles. The fourth-order valence-corrected chi connectivity index (χ4v) is 4.36. The summed E-state index contributed by atoms with van der Waals surface area (Å²) in [6, 6.07) is 6.20. The predicted molar refractivity (Wildman–Crippen MR) is 111 cm³/mol. The molecule has 4 nitrogen and oxygen atoms in total. The van der Waals surface area contributed by atoms with Gasteiger partial charge in [0.2, 0.25) is 0 Å². The number of fused-ring (bicyclic) bond motifs is 1. The van der Waals surface area contributed by atoms with E-state index in [1.807, 2.05) is 19.2 Å². The molecular formula is C23H35NO3. The number of nitrogens with one attached hydrogen (secondary N) is 1. The van der Waals surface area contributed by atoms with Crippen LogP contribution in [0.5, 0.6) is 5.75 Å². The second-order valence-corrected chi connectivity index (χ2v) is 8.33. The first kappa shape index (κ1) is 20.2. The van der Waals surface area contributed by atoms with Crippen LogP contribution in [0.4, 0.5) is 5.69 Å². The molecule has 1 aliphatic carbocycles. The molecule has 0 radical (unpaired) electrons. The molecule has 3 rings (SSSR count). The van der Waals surface area contributed by atoms with Crippen molar-refractivity contribution in [3.8, 4) is 5.75 Å². The van der Waals surface area contributed by atoms with Crippen LogP contribution in [0.15, 0.2) is 30.9 Å². The maximum atomic E-state index is 6.49. The third-order valence-electron chi connectivity index (χ3n) is 5.88. The highest BCUT2D eigenvalue weighted by Gasteiger charge is 2.45. The number of ether oxygens (including phenoxy) is 3. The van der Waals surface area contributed by atoms with Gasteiger partial charge in [-0.25, -0.2) is 0 Å². The van der Waals surface area contributed by atoms with E-state index in [1.54, 1.807) is 6.08 Å². The summed E-state index contributed by atoms with van der Waals surface area (Å²) in [6.45, 7) is 9.20. The smallest absolute Gasteiger partial charge is 0.132 e. The molecule has 4 heteroatoms. The maximum absolute atomic E-state index is 6.49. The van der Waals surface area contributed by atoms with Crippen molar-refractivity contribution in [2.75, 3.05) is 25.6 Å². The van der Waals surface area contributed by atoms with Gasteiger partial charge < -0.3 is 19.5 Å². The van der Waals surface area contributed by atoms with Crippen molar-refractivity contribution in [3.05, 3.63) is 36.4 Å². The molecule has 1 heterocycles. The Labute approximate surface area is 164 Å². The number of hydrogen-bond donors (Lipinski definition) is 1. The summed E-state index contributed by atoms with van der Waals surface area (Å²) in [6.07, 6.45) is 9.43. The second kappa shape index (κ2) is 9.11. The molecule has 0 bridgehead atoms. The van der Waals surface area contributed by atoms with Gasteiger partial charge >= 0.3 is 0 Å². The van der Waals surface area contributed by atoms with Crippen LogP contribution in [0.2, 0.25) is 0 Å². The van der Waals surface area contributed by atoms with Gasteiger partial charge in [0.05, 0.1) is 6.61 Å². The lowest BCUT2D eigenvalue weighted by molar-refractivity contribution is -0.158. The van der Waals surface area contributed by atoms with Gasteiger partial charge in [0, 0.05) is 24.9 Å². The summed E-state index contributed by atoms with van der Waals surface area (Å²) < 4.78 is 18.9. The Morgan fingerprint density at radius 1 is 1.22 bits per heavy atom. The van der Waals surface area contributed by atoms with E-state index >= 15 is 0 Å². The minimum Gasteiger partial charge on any atom is -0.485 e. The van der Waals surface area contributed by atoms with Crippen molar-refractivity contribution in [1.82, 2.24) is 0 Å². The minimum absolute atomic E-state index is 0.138. The fraction of sp³-hybridized carbons (Fsp3) is 0.652. The number of rotatable bonds is 8.